The van der Waals surface area contributed by atoms with Crippen molar-refractivity contribution in [2.75, 3.05) is 0 Å². The topological polar surface area (TPSA) is 94.1 Å². The van der Waals surface area contributed by atoms with E-state index in [1.807, 2.05) is 66.7 Å². The van der Waals surface area contributed by atoms with E-state index in [9.17, 15) is 14.7 Å². The number of benzene rings is 3. The normalized spacial score (nSPS) is 11.9. The van der Waals surface area contributed by atoms with E-state index in [4.69, 9.17) is 25.8 Å². The molecule has 0 bridgehead atoms. The molecular formula is C29H32ClNO6. The molecule has 0 radical (unpaired) electrons. The molecule has 0 saturated heterocycles. The highest BCUT2D eigenvalue weighted by molar-refractivity contribution is 6.31. The molecule has 1 atom stereocenters. The van der Waals surface area contributed by atoms with Gasteiger partial charge >= 0.3 is 12.1 Å². The lowest BCUT2D eigenvalue weighted by molar-refractivity contribution is -0.139. The van der Waals surface area contributed by atoms with Gasteiger partial charge in [0.2, 0.25) is 0 Å². The summed E-state index contributed by atoms with van der Waals surface area (Å²) in [4.78, 5) is 23.5. The number of rotatable bonds is 11. The number of alkyl carbamates (subject to hydrolysis) is 1. The largest absolute Gasteiger partial charge is 0.489 e. The Balaban J connectivity index is 1.52. The predicted molar refractivity (Wildman–Crippen MR) is 142 cm³/mol. The SMILES string of the molecule is CC(C)(C)OC(=O)NC(CCCc1ccc(Oc2cccc(OCc3ccccc3)c2)cc1Cl)C(=O)O. The van der Waals surface area contributed by atoms with E-state index >= 15 is 0 Å². The second kappa shape index (κ2) is 13.0. The van der Waals surface area contributed by atoms with E-state index in [1.54, 1.807) is 26.8 Å². The van der Waals surface area contributed by atoms with Crippen LogP contribution in [0, 0.1) is 0 Å². The number of carbonyl (C=O) groups is 2. The van der Waals surface area contributed by atoms with Crippen molar-refractivity contribution in [1.82, 2.24) is 5.32 Å². The Morgan fingerprint density at radius 1 is 0.946 bits per heavy atom. The molecule has 0 saturated carbocycles. The molecule has 1 unspecified atom stereocenters. The summed E-state index contributed by atoms with van der Waals surface area (Å²) in [5, 5.41) is 12.4. The second-order valence-electron chi connectivity index (χ2n) is 9.53. The van der Waals surface area contributed by atoms with Crippen molar-refractivity contribution in [3.8, 4) is 17.2 Å². The van der Waals surface area contributed by atoms with Gasteiger partial charge in [-0.3, -0.25) is 0 Å². The van der Waals surface area contributed by atoms with Gasteiger partial charge in [0.05, 0.1) is 0 Å². The van der Waals surface area contributed by atoms with Gasteiger partial charge in [-0.1, -0.05) is 54.1 Å². The average Bonchev–Trinajstić information content (AvgIpc) is 2.83. The van der Waals surface area contributed by atoms with Crippen molar-refractivity contribution in [2.24, 2.45) is 0 Å². The minimum atomic E-state index is -1.12. The summed E-state index contributed by atoms with van der Waals surface area (Å²) >= 11 is 6.47. The van der Waals surface area contributed by atoms with Gasteiger partial charge < -0.3 is 24.6 Å². The first kappa shape index (κ1) is 27.9. The summed E-state index contributed by atoms with van der Waals surface area (Å²) in [5.74, 6) is 0.767. The quantitative estimate of drug-likeness (QED) is 0.279. The number of hydrogen-bond donors (Lipinski definition) is 2. The Morgan fingerprint density at radius 3 is 2.32 bits per heavy atom. The van der Waals surface area contributed by atoms with Gasteiger partial charge in [0.1, 0.15) is 35.5 Å². The Hall–Kier alpha value is -3.71. The standard InChI is InChI=1S/C29H32ClNO6/c1-29(2,3)37-28(34)31-26(27(32)33)14-7-11-21-15-16-24(18-25(21)30)36-23-13-8-12-22(17-23)35-19-20-9-5-4-6-10-20/h4-6,8-10,12-13,15-18,26H,7,11,14,19H2,1-3H3,(H,31,34)(H,32,33). The van der Waals surface area contributed by atoms with Gasteiger partial charge in [0.25, 0.3) is 0 Å². The fourth-order valence-corrected chi connectivity index (χ4v) is 3.77. The lowest BCUT2D eigenvalue weighted by Gasteiger charge is -2.22. The molecule has 1 amide bonds. The maximum atomic E-state index is 11.9. The van der Waals surface area contributed by atoms with E-state index in [2.05, 4.69) is 5.32 Å². The number of carboxylic acid groups (broad SMARTS) is 1. The molecule has 8 heteroatoms. The van der Waals surface area contributed by atoms with Crippen LogP contribution < -0.4 is 14.8 Å². The van der Waals surface area contributed by atoms with Gasteiger partial charge in [-0.25, -0.2) is 9.59 Å². The molecule has 196 valence electrons. The van der Waals surface area contributed by atoms with E-state index in [0.717, 1.165) is 11.1 Å². The van der Waals surface area contributed by atoms with Crippen LogP contribution in [0.25, 0.3) is 0 Å². The fourth-order valence-electron chi connectivity index (χ4n) is 3.50. The van der Waals surface area contributed by atoms with Crippen LogP contribution in [0.15, 0.2) is 72.8 Å². The van der Waals surface area contributed by atoms with Crippen LogP contribution in [0.2, 0.25) is 5.02 Å². The number of nitrogens with one attached hydrogen (secondary N) is 1. The van der Waals surface area contributed by atoms with Crippen molar-refractivity contribution in [3.05, 3.63) is 88.9 Å². The Kier molecular flexibility index (Phi) is 9.80. The molecule has 0 aliphatic rings. The second-order valence-corrected chi connectivity index (χ2v) is 9.94. The predicted octanol–water partition coefficient (Wildman–Crippen LogP) is 7.01. The van der Waals surface area contributed by atoms with Crippen molar-refractivity contribution in [3.63, 3.8) is 0 Å². The molecule has 0 aliphatic carbocycles. The molecule has 37 heavy (non-hydrogen) atoms. The van der Waals surface area contributed by atoms with Crippen LogP contribution in [0.5, 0.6) is 17.2 Å². The third-order valence-electron chi connectivity index (χ3n) is 5.24. The number of aryl methyl sites for hydroxylation is 1. The molecule has 2 N–H and O–H groups in total. The highest BCUT2D eigenvalue weighted by Crippen LogP contribution is 2.30. The Morgan fingerprint density at radius 2 is 1.65 bits per heavy atom. The first-order valence-corrected chi connectivity index (χ1v) is 12.4. The number of amides is 1. The van der Waals surface area contributed by atoms with Gasteiger partial charge in [0.15, 0.2) is 0 Å². The van der Waals surface area contributed by atoms with E-state index < -0.39 is 23.7 Å². The molecule has 0 spiro atoms. The van der Waals surface area contributed by atoms with Crippen molar-refractivity contribution >= 4 is 23.7 Å². The highest BCUT2D eigenvalue weighted by Gasteiger charge is 2.23. The molecule has 7 nitrogen and oxygen atoms in total. The highest BCUT2D eigenvalue weighted by atomic mass is 35.5. The monoisotopic (exact) mass is 525 g/mol. The molecule has 0 fully saturated rings. The summed E-state index contributed by atoms with van der Waals surface area (Å²) in [6, 6.07) is 21.6. The number of halogens is 1. The minimum absolute atomic E-state index is 0.235. The summed E-state index contributed by atoms with van der Waals surface area (Å²) < 4.78 is 17.0. The van der Waals surface area contributed by atoms with E-state index in [0.29, 0.717) is 41.7 Å². The first-order chi connectivity index (χ1) is 17.6. The van der Waals surface area contributed by atoms with Gasteiger partial charge in [-0.15, -0.1) is 0 Å². The number of aliphatic carboxylic acids is 1. The molecule has 3 rings (SSSR count). The van der Waals surface area contributed by atoms with Crippen LogP contribution in [0.3, 0.4) is 0 Å². The van der Waals surface area contributed by atoms with Gasteiger partial charge in [-0.05, 0) is 75.4 Å². The van der Waals surface area contributed by atoms with Crippen LogP contribution in [0.4, 0.5) is 4.79 Å². The lowest BCUT2D eigenvalue weighted by atomic mass is 10.0. The van der Waals surface area contributed by atoms with Crippen LogP contribution >= 0.6 is 11.6 Å². The van der Waals surface area contributed by atoms with E-state index in [1.165, 1.54) is 0 Å². The third kappa shape index (κ3) is 9.69. The Bertz CT molecular complexity index is 1190. The Labute approximate surface area is 222 Å². The smallest absolute Gasteiger partial charge is 0.408 e. The zero-order chi connectivity index (χ0) is 26.8. The zero-order valence-corrected chi connectivity index (χ0v) is 22.0. The third-order valence-corrected chi connectivity index (χ3v) is 5.59. The molecular weight excluding hydrogens is 494 g/mol. The summed E-state index contributed by atoms with van der Waals surface area (Å²) in [6.07, 6.45) is 0.530. The van der Waals surface area contributed by atoms with Crippen molar-refractivity contribution in [2.45, 2.75) is 58.3 Å². The fraction of sp³-hybridized carbons (Fsp3) is 0.310. The van der Waals surface area contributed by atoms with Crippen LogP contribution in [-0.2, 0) is 22.6 Å². The maximum Gasteiger partial charge on any atom is 0.408 e. The maximum absolute atomic E-state index is 11.9. The molecule has 0 aromatic heterocycles. The number of carboxylic acids is 1. The zero-order valence-electron chi connectivity index (χ0n) is 21.2. The van der Waals surface area contributed by atoms with Gasteiger partial charge in [0, 0.05) is 11.1 Å². The minimum Gasteiger partial charge on any atom is -0.489 e. The van der Waals surface area contributed by atoms with E-state index in [-0.39, 0.29) is 6.42 Å². The molecule has 0 heterocycles. The first-order valence-electron chi connectivity index (χ1n) is 12.0. The summed E-state index contributed by atoms with van der Waals surface area (Å²) in [7, 11) is 0. The average molecular weight is 526 g/mol. The molecule has 0 aliphatic heterocycles. The number of ether oxygens (including phenoxy) is 3. The molecule has 3 aromatic carbocycles. The number of carbonyl (C=O) groups excluding carboxylic acids is 1. The van der Waals surface area contributed by atoms with Gasteiger partial charge in [-0.2, -0.15) is 0 Å². The molecule has 3 aromatic rings. The summed E-state index contributed by atoms with van der Waals surface area (Å²) in [6.45, 7) is 5.61. The van der Waals surface area contributed by atoms with Crippen LogP contribution in [-0.4, -0.2) is 28.8 Å². The van der Waals surface area contributed by atoms with Crippen LogP contribution in [0.1, 0.15) is 44.7 Å². The van der Waals surface area contributed by atoms with Crippen molar-refractivity contribution < 1.29 is 28.9 Å². The lowest BCUT2D eigenvalue weighted by Crippen LogP contribution is -2.43. The number of hydrogen-bond acceptors (Lipinski definition) is 5. The van der Waals surface area contributed by atoms with Crippen molar-refractivity contribution in [1.29, 1.82) is 0 Å². The summed E-state index contributed by atoms with van der Waals surface area (Å²) in [5.41, 5.74) is 1.22.